The molecular weight excluding hydrogens is 408 g/mol. The number of para-hydroxylation sites is 1. The van der Waals surface area contributed by atoms with Crippen LogP contribution in [-0.2, 0) is 6.54 Å². The van der Waals surface area contributed by atoms with Gasteiger partial charge in [-0.25, -0.2) is 9.78 Å². The number of anilines is 1. The SMILES string of the molecule is CCCNC(=O)c1csc(CN(CCC)C(=O)Nc2c(C(C)C)cccc2C(C)C)n1. The number of carbonyl (C=O) groups excluding carboxylic acids is 2. The maximum atomic E-state index is 13.3. The van der Waals surface area contributed by atoms with Crippen molar-refractivity contribution in [2.75, 3.05) is 18.4 Å². The Morgan fingerprint density at radius 2 is 1.71 bits per heavy atom. The highest BCUT2D eigenvalue weighted by molar-refractivity contribution is 7.09. The molecule has 2 rings (SSSR count). The van der Waals surface area contributed by atoms with Crippen molar-refractivity contribution in [1.82, 2.24) is 15.2 Å². The first kappa shape index (κ1) is 24.9. The van der Waals surface area contributed by atoms with Crippen LogP contribution >= 0.6 is 11.3 Å². The summed E-state index contributed by atoms with van der Waals surface area (Å²) in [7, 11) is 0. The Bertz CT molecular complexity index is 850. The second-order valence-corrected chi connectivity index (χ2v) is 9.30. The number of thiazole rings is 1. The summed E-state index contributed by atoms with van der Waals surface area (Å²) < 4.78 is 0. The van der Waals surface area contributed by atoms with Gasteiger partial charge in [-0.3, -0.25) is 4.79 Å². The van der Waals surface area contributed by atoms with Gasteiger partial charge in [-0.15, -0.1) is 11.3 Å². The van der Waals surface area contributed by atoms with E-state index in [1.807, 2.05) is 13.8 Å². The largest absolute Gasteiger partial charge is 0.351 e. The van der Waals surface area contributed by atoms with Gasteiger partial charge in [0.2, 0.25) is 0 Å². The van der Waals surface area contributed by atoms with Crippen molar-refractivity contribution in [3.63, 3.8) is 0 Å². The fraction of sp³-hybridized carbons (Fsp3) is 0.542. The molecule has 0 fully saturated rings. The van der Waals surface area contributed by atoms with E-state index in [1.54, 1.807) is 10.3 Å². The van der Waals surface area contributed by atoms with E-state index in [2.05, 4.69) is 61.5 Å². The van der Waals surface area contributed by atoms with Gasteiger partial charge in [-0.05, 0) is 35.8 Å². The molecule has 2 N–H and O–H groups in total. The normalized spacial score (nSPS) is 11.1. The Kier molecular flexibility index (Phi) is 9.49. The third-order valence-corrected chi connectivity index (χ3v) is 5.87. The van der Waals surface area contributed by atoms with Crippen LogP contribution in [0.5, 0.6) is 0 Å². The van der Waals surface area contributed by atoms with Crippen LogP contribution in [0, 0.1) is 0 Å². The first-order valence-electron chi connectivity index (χ1n) is 11.2. The number of nitrogens with zero attached hydrogens (tertiary/aromatic N) is 2. The molecule has 0 aliphatic heterocycles. The molecule has 1 heterocycles. The van der Waals surface area contributed by atoms with Crippen molar-refractivity contribution in [2.45, 2.75) is 72.8 Å². The van der Waals surface area contributed by atoms with Crippen LogP contribution in [0.25, 0.3) is 0 Å². The van der Waals surface area contributed by atoms with Crippen molar-refractivity contribution >= 4 is 29.0 Å². The van der Waals surface area contributed by atoms with Gasteiger partial charge in [-0.2, -0.15) is 0 Å². The molecule has 31 heavy (non-hydrogen) atoms. The Hall–Kier alpha value is -2.41. The van der Waals surface area contributed by atoms with Crippen molar-refractivity contribution in [1.29, 1.82) is 0 Å². The predicted octanol–water partition coefficient (Wildman–Crippen LogP) is 5.97. The van der Waals surface area contributed by atoms with Crippen LogP contribution in [0.2, 0.25) is 0 Å². The van der Waals surface area contributed by atoms with Crippen LogP contribution in [0.1, 0.15) is 92.8 Å². The number of amides is 3. The van der Waals surface area contributed by atoms with Gasteiger partial charge in [0, 0.05) is 24.2 Å². The number of hydrogen-bond acceptors (Lipinski definition) is 4. The molecule has 7 heteroatoms. The van der Waals surface area contributed by atoms with E-state index in [1.165, 1.54) is 11.3 Å². The lowest BCUT2D eigenvalue weighted by atomic mass is 9.93. The van der Waals surface area contributed by atoms with E-state index in [4.69, 9.17) is 0 Å². The van der Waals surface area contributed by atoms with E-state index >= 15 is 0 Å². The number of benzene rings is 1. The van der Waals surface area contributed by atoms with Crippen molar-refractivity contribution in [3.05, 3.63) is 45.4 Å². The smallest absolute Gasteiger partial charge is 0.322 e. The number of carbonyl (C=O) groups is 2. The second-order valence-electron chi connectivity index (χ2n) is 8.35. The summed E-state index contributed by atoms with van der Waals surface area (Å²) in [5, 5.41) is 8.54. The third kappa shape index (κ3) is 6.79. The molecule has 0 saturated carbocycles. The molecule has 0 unspecified atom stereocenters. The minimum Gasteiger partial charge on any atom is -0.351 e. The number of rotatable bonds is 10. The Morgan fingerprint density at radius 3 is 2.26 bits per heavy atom. The first-order chi connectivity index (χ1) is 14.8. The van der Waals surface area contributed by atoms with Gasteiger partial charge in [0.1, 0.15) is 10.7 Å². The fourth-order valence-corrected chi connectivity index (χ4v) is 4.17. The average molecular weight is 445 g/mol. The lowest BCUT2D eigenvalue weighted by Crippen LogP contribution is -2.35. The van der Waals surface area contributed by atoms with Crippen LogP contribution in [0.4, 0.5) is 10.5 Å². The summed E-state index contributed by atoms with van der Waals surface area (Å²) in [5.74, 6) is 0.442. The number of hydrogen-bond donors (Lipinski definition) is 2. The molecule has 2 aromatic rings. The minimum atomic E-state index is -0.164. The summed E-state index contributed by atoms with van der Waals surface area (Å²) in [6.07, 6.45) is 1.72. The van der Waals surface area contributed by atoms with E-state index in [0.29, 0.717) is 37.2 Å². The topological polar surface area (TPSA) is 74.3 Å². The van der Waals surface area contributed by atoms with E-state index in [-0.39, 0.29) is 11.9 Å². The van der Waals surface area contributed by atoms with E-state index in [0.717, 1.165) is 34.7 Å². The van der Waals surface area contributed by atoms with Gasteiger partial charge >= 0.3 is 6.03 Å². The molecular formula is C24H36N4O2S. The number of urea groups is 1. The van der Waals surface area contributed by atoms with Crippen LogP contribution in [-0.4, -0.2) is 34.9 Å². The summed E-state index contributed by atoms with van der Waals surface area (Å²) in [6.45, 7) is 14.2. The van der Waals surface area contributed by atoms with Crippen molar-refractivity contribution < 1.29 is 9.59 Å². The Balaban J connectivity index is 2.21. The maximum Gasteiger partial charge on any atom is 0.322 e. The molecule has 0 aliphatic carbocycles. The van der Waals surface area contributed by atoms with Gasteiger partial charge in [0.05, 0.1) is 6.54 Å². The molecule has 1 aromatic heterocycles. The Morgan fingerprint density at radius 1 is 1.06 bits per heavy atom. The predicted molar refractivity (Wildman–Crippen MR) is 129 cm³/mol. The quantitative estimate of drug-likeness (QED) is 0.474. The summed E-state index contributed by atoms with van der Waals surface area (Å²) in [5.41, 5.74) is 3.61. The highest BCUT2D eigenvalue weighted by atomic mass is 32.1. The first-order valence-corrected chi connectivity index (χ1v) is 12.1. The zero-order chi connectivity index (χ0) is 23.0. The minimum absolute atomic E-state index is 0.135. The Labute approximate surface area is 190 Å². The molecule has 0 saturated heterocycles. The zero-order valence-corrected chi connectivity index (χ0v) is 20.4. The maximum absolute atomic E-state index is 13.3. The molecule has 170 valence electrons. The molecule has 0 atom stereocenters. The highest BCUT2D eigenvalue weighted by Gasteiger charge is 2.21. The second kappa shape index (κ2) is 11.8. The molecule has 0 aliphatic rings. The lowest BCUT2D eigenvalue weighted by molar-refractivity contribution is 0.0949. The van der Waals surface area contributed by atoms with E-state index < -0.39 is 0 Å². The molecule has 0 radical (unpaired) electrons. The summed E-state index contributed by atoms with van der Waals surface area (Å²) >= 11 is 1.41. The standard InChI is InChI=1S/C24H36N4O2S/c1-7-12-25-23(29)20-15-31-21(26-20)14-28(13-8-2)24(30)27-22-18(16(3)4)10-9-11-19(22)17(5)6/h9-11,15-17H,7-8,12-14H2,1-6H3,(H,25,29)(H,27,30). The number of nitrogens with one attached hydrogen (secondary N) is 2. The van der Waals surface area contributed by atoms with Crippen LogP contribution < -0.4 is 10.6 Å². The molecule has 3 amide bonds. The third-order valence-electron chi connectivity index (χ3n) is 5.03. The van der Waals surface area contributed by atoms with Crippen LogP contribution in [0.3, 0.4) is 0 Å². The van der Waals surface area contributed by atoms with Gasteiger partial charge in [0.25, 0.3) is 5.91 Å². The summed E-state index contributed by atoms with van der Waals surface area (Å²) in [6, 6.07) is 6.09. The zero-order valence-electron chi connectivity index (χ0n) is 19.6. The van der Waals surface area contributed by atoms with Crippen LogP contribution in [0.15, 0.2) is 23.6 Å². The monoisotopic (exact) mass is 444 g/mol. The van der Waals surface area contributed by atoms with Gasteiger partial charge in [0.15, 0.2) is 0 Å². The van der Waals surface area contributed by atoms with Crippen molar-refractivity contribution in [3.8, 4) is 0 Å². The lowest BCUT2D eigenvalue weighted by Gasteiger charge is -2.25. The highest BCUT2D eigenvalue weighted by Crippen LogP contribution is 2.32. The molecule has 0 bridgehead atoms. The fourth-order valence-electron chi connectivity index (χ4n) is 3.38. The van der Waals surface area contributed by atoms with Crippen molar-refractivity contribution in [2.24, 2.45) is 0 Å². The molecule has 1 aromatic carbocycles. The van der Waals surface area contributed by atoms with Gasteiger partial charge in [-0.1, -0.05) is 59.7 Å². The number of aromatic nitrogens is 1. The van der Waals surface area contributed by atoms with Gasteiger partial charge < -0.3 is 15.5 Å². The molecule has 6 nitrogen and oxygen atoms in total. The van der Waals surface area contributed by atoms with E-state index in [9.17, 15) is 9.59 Å². The average Bonchev–Trinajstić information content (AvgIpc) is 3.20. The molecule has 0 spiro atoms. The summed E-state index contributed by atoms with van der Waals surface area (Å²) in [4.78, 5) is 31.6.